The number of carbonyl (C=O) groups is 2. The Morgan fingerprint density at radius 1 is 1.32 bits per heavy atom. The summed E-state index contributed by atoms with van der Waals surface area (Å²) in [5.41, 5.74) is 2.25. The van der Waals surface area contributed by atoms with Gasteiger partial charge in [0.1, 0.15) is 15.9 Å². The molecule has 8 heteroatoms. The summed E-state index contributed by atoms with van der Waals surface area (Å²) in [6.45, 7) is 4.23. The zero-order valence-corrected chi connectivity index (χ0v) is 16.2. The van der Waals surface area contributed by atoms with Gasteiger partial charge >= 0.3 is 5.97 Å². The van der Waals surface area contributed by atoms with Crippen LogP contribution < -0.4 is 5.32 Å². The third-order valence-corrected chi connectivity index (χ3v) is 5.25. The van der Waals surface area contributed by atoms with Crippen molar-refractivity contribution in [3.63, 3.8) is 0 Å². The van der Waals surface area contributed by atoms with Crippen LogP contribution in [0.4, 0.5) is 5.00 Å². The highest BCUT2D eigenvalue weighted by Gasteiger charge is 2.22. The van der Waals surface area contributed by atoms with Gasteiger partial charge < -0.3 is 10.1 Å². The number of nitrogens with one attached hydrogen (secondary N) is 1. The van der Waals surface area contributed by atoms with Crippen LogP contribution in [0.5, 0.6) is 0 Å². The number of esters is 1. The van der Waals surface area contributed by atoms with Crippen LogP contribution in [-0.2, 0) is 11.3 Å². The van der Waals surface area contributed by atoms with E-state index in [0.29, 0.717) is 27.5 Å². The van der Waals surface area contributed by atoms with Gasteiger partial charge in [0.15, 0.2) is 0 Å². The molecule has 0 unspecified atom stereocenters. The lowest BCUT2D eigenvalue weighted by Gasteiger charge is -2.06. The molecular formula is C20H18N4O3S. The van der Waals surface area contributed by atoms with Gasteiger partial charge in [0.25, 0.3) is 5.91 Å². The average Bonchev–Trinajstić information content (AvgIpc) is 3.30. The smallest absolute Gasteiger partial charge is 0.348 e. The summed E-state index contributed by atoms with van der Waals surface area (Å²) in [5, 5.41) is 16.6. The third-order valence-electron chi connectivity index (χ3n) is 4.07. The molecule has 28 heavy (non-hydrogen) atoms. The maximum atomic E-state index is 12.6. The van der Waals surface area contributed by atoms with Gasteiger partial charge in [0.05, 0.1) is 18.7 Å². The van der Waals surface area contributed by atoms with Gasteiger partial charge in [0, 0.05) is 18.0 Å². The van der Waals surface area contributed by atoms with Crippen molar-refractivity contribution in [3.8, 4) is 6.07 Å². The van der Waals surface area contributed by atoms with Crippen molar-refractivity contribution < 1.29 is 14.3 Å². The first kappa shape index (κ1) is 19.3. The first-order chi connectivity index (χ1) is 13.5. The minimum absolute atomic E-state index is 0.241. The molecule has 0 radical (unpaired) electrons. The van der Waals surface area contributed by atoms with E-state index in [1.165, 1.54) is 0 Å². The number of ether oxygens (including phenoxy) is 1. The molecule has 142 valence electrons. The van der Waals surface area contributed by atoms with Gasteiger partial charge in [-0.25, -0.2) is 4.79 Å². The lowest BCUT2D eigenvalue weighted by molar-refractivity contribution is 0.0531. The number of rotatable bonds is 6. The summed E-state index contributed by atoms with van der Waals surface area (Å²) < 4.78 is 6.80. The first-order valence-electron chi connectivity index (χ1n) is 8.61. The Labute approximate surface area is 166 Å². The number of amides is 1. The van der Waals surface area contributed by atoms with Crippen molar-refractivity contribution in [3.05, 3.63) is 69.9 Å². The van der Waals surface area contributed by atoms with Crippen molar-refractivity contribution in [1.82, 2.24) is 9.78 Å². The fourth-order valence-electron chi connectivity index (χ4n) is 2.65. The summed E-state index contributed by atoms with van der Waals surface area (Å²) in [4.78, 5) is 24.9. The molecule has 0 aliphatic rings. The second kappa shape index (κ2) is 8.50. The zero-order valence-electron chi connectivity index (χ0n) is 15.4. The van der Waals surface area contributed by atoms with Crippen LogP contribution in [0.15, 0.2) is 42.7 Å². The van der Waals surface area contributed by atoms with Gasteiger partial charge in [-0.3, -0.25) is 9.48 Å². The zero-order chi connectivity index (χ0) is 20.1. The van der Waals surface area contributed by atoms with Gasteiger partial charge in [0.2, 0.25) is 0 Å². The number of nitrogens with zero attached hydrogens (tertiary/aromatic N) is 3. The van der Waals surface area contributed by atoms with E-state index in [4.69, 9.17) is 4.74 Å². The summed E-state index contributed by atoms with van der Waals surface area (Å²) in [5.74, 6) is -0.844. The summed E-state index contributed by atoms with van der Waals surface area (Å²) in [6, 6.07) is 11.0. The van der Waals surface area contributed by atoms with Crippen molar-refractivity contribution in [2.45, 2.75) is 20.4 Å². The van der Waals surface area contributed by atoms with Crippen molar-refractivity contribution in [1.29, 1.82) is 5.26 Å². The molecule has 0 spiro atoms. The molecular weight excluding hydrogens is 376 g/mol. The predicted molar refractivity (Wildman–Crippen MR) is 105 cm³/mol. The number of hydrogen-bond donors (Lipinski definition) is 1. The molecule has 0 aliphatic heterocycles. The highest BCUT2D eigenvalue weighted by Crippen LogP contribution is 2.33. The second-order valence-corrected chi connectivity index (χ2v) is 6.97. The van der Waals surface area contributed by atoms with E-state index in [1.807, 2.05) is 24.4 Å². The molecule has 0 bridgehead atoms. The monoisotopic (exact) mass is 394 g/mol. The van der Waals surface area contributed by atoms with Crippen molar-refractivity contribution in [2.75, 3.05) is 11.9 Å². The van der Waals surface area contributed by atoms with Crippen molar-refractivity contribution >= 4 is 28.2 Å². The molecule has 1 aromatic carbocycles. The summed E-state index contributed by atoms with van der Waals surface area (Å²) in [7, 11) is 0. The first-order valence-corrected chi connectivity index (χ1v) is 9.43. The lowest BCUT2D eigenvalue weighted by Crippen LogP contribution is -2.12. The average molecular weight is 394 g/mol. The molecule has 3 aromatic rings. The minimum Gasteiger partial charge on any atom is -0.462 e. The van der Waals surface area contributed by atoms with Crippen molar-refractivity contribution in [2.24, 2.45) is 0 Å². The number of nitriles is 1. The molecule has 0 atom stereocenters. The van der Waals surface area contributed by atoms with E-state index in [9.17, 15) is 14.9 Å². The maximum Gasteiger partial charge on any atom is 0.348 e. The molecule has 0 saturated carbocycles. The Balaban J connectivity index is 1.76. The van der Waals surface area contributed by atoms with Crippen LogP contribution in [-0.4, -0.2) is 28.3 Å². The predicted octanol–water partition coefficient (Wildman–Crippen LogP) is 3.60. The molecule has 1 N–H and O–H groups in total. The molecule has 2 heterocycles. The van der Waals surface area contributed by atoms with Gasteiger partial charge in [-0.1, -0.05) is 12.1 Å². The Morgan fingerprint density at radius 3 is 2.68 bits per heavy atom. The van der Waals surface area contributed by atoms with Crippen LogP contribution in [0.2, 0.25) is 0 Å². The Kier molecular flexibility index (Phi) is 5.87. The normalized spacial score (nSPS) is 10.3. The van der Waals surface area contributed by atoms with E-state index in [1.54, 1.807) is 36.9 Å². The van der Waals surface area contributed by atoms with E-state index in [0.717, 1.165) is 16.9 Å². The number of hydrogen-bond acceptors (Lipinski definition) is 6. The Hall–Kier alpha value is -3.44. The topological polar surface area (TPSA) is 97.0 Å². The number of carbonyl (C=O) groups excluding carboxylic acids is 2. The van der Waals surface area contributed by atoms with Gasteiger partial charge in [-0.05, 0) is 43.2 Å². The minimum atomic E-state index is -0.495. The van der Waals surface area contributed by atoms with Crippen LogP contribution in [0.25, 0.3) is 0 Å². The van der Waals surface area contributed by atoms with Crippen LogP contribution in [0.3, 0.4) is 0 Å². The molecule has 0 saturated heterocycles. The molecule has 0 fully saturated rings. The Bertz CT molecular complexity index is 1030. The summed E-state index contributed by atoms with van der Waals surface area (Å²) >= 11 is 1.05. The highest BCUT2D eigenvalue weighted by molar-refractivity contribution is 7.18. The quantitative estimate of drug-likeness (QED) is 0.644. The number of aromatic nitrogens is 2. The largest absolute Gasteiger partial charge is 0.462 e. The van der Waals surface area contributed by atoms with E-state index in [-0.39, 0.29) is 18.1 Å². The maximum absolute atomic E-state index is 12.6. The van der Waals surface area contributed by atoms with Gasteiger partial charge in [-0.15, -0.1) is 11.3 Å². The van der Waals surface area contributed by atoms with Crippen LogP contribution >= 0.6 is 11.3 Å². The molecule has 2 aromatic heterocycles. The van der Waals surface area contributed by atoms with E-state index in [2.05, 4.69) is 16.5 Å². The third kappa shape index (κ3) is 4.10. The summed E-state index contributed by atoms with van der Waals surface area (Å²) in [6.07, 6.45) is 3.58. The number of anilines is 1. The highest BCUT2D eigenvalue weighted by atomic mass is 32.1. The van der Waals surface area contributed by atoms with E-state index < -0.39 is 5.97 Å². The molecule has 0 aliphatic carbocycles. The van der Waals surface area contributed by atoms with E-state index >= 15 is 0 Å². The fourth-order valence-corrected chi connectivity index (χ4v) is 3.69. The SMILES string of the molecule is CCOC(=O)c1sc(NC(=O)c2ccc(Cn3cccn3)cc2)c(C#N)c1C. The number of benzene rings is 1. The molecule has 1 amide bonds. The fraction of sp³-hybridized carbons (Fsp3) is 0.200. The molecule has 3 rings (SSSR count). The molecule has 7 nitrogen and oxygen atoms in total. The van der Waals surface area contributed by atoms with Crippen LogP contribution in [0, 0.1) is 18.3 Å². The number of thiophene rings is 1. The standard InChI is InChI=1S/C20H18N4O3S/c1-3-27-20(26)17-13(2)16(11-21)19(28-17)23-18(25)15-7-5-14(6-8-15)12-24-10-4-9-22-24/h4-10H,3,12H2,1-2H3,(H,23,25). The van der Waals surface area contributed by atoms with Crippen LogP contribution in [0.1, 0.15) is 43.6 Å². The Morgan fingerprint density at radius 2 is 2.07 bits per heavy atom. The second-order valence-electron chi connectivity index (χ2n) is 5.95. The lowest BCUT2D eigenvalue weighted by atomic mass is 10.1. The van der Waals surface area contributed by atoms with Gasteiger partial charge in [-0.2, -0.15) is 10.4 Å².